The summed E-state index contributed by atoms with van der Waals surface area (Å²) in [4.78, 5) is 39.6. The predicted molar refractivity (Wildman–Crippen MR) is 105 cm³/mol. The second-order valence-corrected chi connectivity index (χ2v) is 6.31. The first kappa shape index (κ1) is 20.9. The number of carbonyl (C=O) groups is 3. The van der Waals surface area contributed by atoms with E-state index in [1.807, 2.05) is 0 Å². The van der Waals surface area contributed by atoms with Gasteiger partial charge in [-0.3, -0.25) is 14.4 Å². The molecule has 0 bridgehead atoms. The molecule has 2 N–H and O–H groups in total. The molecule has 0 radical (unpaired) electrons. The fraction of sp³-hybridized carbons (Fsp3) is 0.105. The lowest BCUT2D eigenvalue weighted by molar-refractivity contribution is -0.146. The number of nitrogens with zero attached hydrogens (tertiary/aromatic N) is 3. The van der Waals surface area contributed by atoms with Crippen LogP contribution in [0.3, 0.4) is 0 Å². The zero-order valence-corrected chi connectivity index (χ0v) is 16.1. The molecule has 0 aliphatic carbocycles. The zero-order chi connectivity index (χ0) is 21.5. The summed E-state index contributed by atoms with van der Waals surface area (Å²) in [5, 5.41) is 9.16. The van der Waals surface area contributed by atoms with Crippen molar-refractivity contribution < 1.29 is 23.5 Å². The highest BCUT2D eigenvalue weighted by Gasteiger charge is 2.15. The Hall–Kier alpha value is -3.79. The summed E-state index contributed by atoms with van der Waals surface area (Å²) in [6.07, 6.45) is 2.77. The number of amides is 2. The van der Waals surface area contributed by atoms with Crippen molar-refractivity contribution in [3.8, 4) is 5.69 Å². The molecule has 3 rings (SSSR count). The number of hydrogen-bond acceptors (Lipinski definition) is 6. The molecule has 0 saturated carbocycles. The van der Waals surface area contributed by atoms with Gasteiger partial charge in [-0.25, -0.2) is 14.1 Å². The van der Waals surface area contributed by atoms with Crippen molar-refractivity contribution in [2.45, 2.75) is 0 Å². The quantitative estimate of drug-likeness (QED) is 0.553. The molecular weight excluding hydrogens is 417 g/mol. The van der Waals surface area contributed by atoms with Gasteiger partial charge in [0, 0.05) is 5.02 Å². The average Bonchev–Trinajstić information content (AvgIpc) is 3.25. The number of hydrogen-bond donors (Lipinski definition) is 2. The minimum atomic E-state index is -0.863. The molecule has 11 heteroatoms. The molecule has 0 aliphatic heterocycles. The van der Waals surface area contributed by atoms with Gasteiger partial charge in [-0.1, -0.05) is 23.7 Å². The second-order valence-electron chi connectivity index (χ2n) is 5.87. The van der Waals surface area contributed by atoms with E-state index in [1.165, 1.54) is 41.6 Å². The Labute approximate surface area is 174 Å². The van der Waals surface area contributed by atoms with E-state index in [-0.39, 0.29) is 5.56 Å². The van der Waals surface area contributed by atoms with E-state index in [4.69, 9.17) is 16.3 Å². The maximum Gasteiger partial charge on any atom is 0.325 e. The number of nitrogens with one attached hydrogen (secondary N) is 2. The van der Waals surface area contributed by atoms with Crippen molar-refractivity contribution in [1.29, 1.82) is 0 Å². The van der Waals surface area contributed by atoms with Crippen LogP contribution in [0.5, 0.6) is 0 Å². The molecule has 0 atom stereocenters. The highest BCUT2D eigenvalue weighted by Crippen LogP contribution is 2.23. The van der Waals surface area contributed by atoms with E-state index in [1.54, 1.807) is 12.1 Å². The predicted octanol–water partition coefficient (Wildman–Crippen LogP) is 1.97. The molecular formula is C19H15ClFN5O4. The molecule has 9 nitrogen and oxygen atoms in total. The highest BCUT2D eigenvalue weighted by atomic mass is 35.5. The third-order valence-electron chi connectivity index (χ3n) is 3.77. The van der Waals surface area contributed by atoms with Crippen LogP contribution in [0, 0.1) is 5.82 Å². The number of benzene rings is 2. The molecule has 1 heterocycles. The van der Waals surface area contributed by atoms with Crippen molar-refractivity contribution in [2.75, 3.05) is 18.5 Å². The fourth-order valence-corrected chi connectivity index (χ4v) is 2.59. The van der Waals surface area contributed by atoms with Gasteiger partial charge in [0.05, 0.1) is 16.9 Å². The SMILES string of the molecule is O=C(COC(=O)CNC(=O)c1ccccc1F)Nc1cc(Cl)ccc1-n1cncn1. The van der Waals surface area contributed by atoms with Crippen LogP contribution < -0.4 is 10.6 Å². The maximum atomic E-state index is 13.5. The van der Waals surface area contributed by atoms with Crippen molar-refractivity contribution >= 4 is 35.1 Å². The van der Waals surface area contributed by atoms with Crippen molar-refractivity contribution in [2.24, 2.45) is 0 Å². The van der Waals surface area contributed by atoms with Gasteiger partial charge in [-0.15, -0.1) is 0 Å². The Bertz CT molecular complexity index is 1070. The van der Waals surface area contributed by atoms with Crippen LogP contribution in [0.1, 0.15) is 10.4 Å². The largest absolute Gasteiger partial charge is 0.454 e. The summed E-state index contributed by atoms with van der Waals surface area (Å²) >= 11 is 5.97. The van der Waals surface area contributed by atoms with E-state index in [2.05, 4.69) is 20.7 Å². The summed E-state index contributed by atoms with van der Waals surface area (Å²) in [5.74, 6) is -2.98. The lowest BCUT2D eigenvalue weighted by Crippen LogP contribution is -2.32. The summed E-state index contributed by atoms with van der Waals surface area (Å²) in [5.41, 5.74) is 0.639. The molecule has 0 aliphatic rings. The average molecular weight is 432 g/mol. The normalized spacial score (nSPS) is 10.3. The fourth-order valence-electron chi connectivity index (χ4n) is 2.42. The molecule has 1 aromatic heterocycles. The van der Waals surface area contributed by atoms with Gasteiger partial charge in [0.25, 0.3) is 11.8 Å². The number of halogens is 2. The molecule has 2 amide bonds. The molecule has 3 aromatic rings. The molecule has 0 fully saturated rings. The first-order chi connectivity index (χ1) is 14.4. The van der Waals surface area contributed by atoms with Crippen LogP contribution in [0.4, 0.5) is 10.1 Å². The summed E-state index contributed by atoms with van der Waals surface area (Å²) in [6.45, 7) is -1.13. The Morgan fingerprint density at radius 1 is 1.17 bits per heavy atom. The van der Waals surface area contributed by atoms with Crippen LogP contribution in [-0.2, 0) is 14.3 Å². The first-order valence-electron chi connectivity index (χ1n) is 8.57. The molecule has 0 spiro atoms. The Balaban J connectivity index is 1.51. The van der Waals surface area contributed by atoms with Crippen molar-refractivity contribution in [1.82, 2.24) is 20.1 Å². The molecule has 0 unspecified atom stereocenters. The molecule has 2 aromatic carbocycles. The van der Waals surface area contributed by atoms with E-state index in [0.717, 1.165) is 6.07 Å². The minimum Gasteiger partial charge on any atom is -0.454 e. The van der Waals surface area contributed by atoms with Crippen LogP contribution in [0.15, 0.2) is 55.1 Å². The van der Waals surface area contributed by atoms with Crippen LogP contribution in [0.25, 0.3) is 5.69 Å². The molecule has 0 saturated heterocycles. The second kappa shape index (κ2) is 9.61. The first-order valence-corrected chi connectivity index (χ1v) is 8.94. The van der Waals surface area contributed by atoms with E-state index in [0.29, 0.717) is 16.4 Å². The van der Waals surface area contributed by atoms with Gasteiger partial charge < -0.3 is 15.4 Å². The number of aromatic nitrogens is 3. The van der Waals surface area contributed by atoms with Gasteiger partial charge in [0.2, 0.25) is 0 Å². The Morgan fingerprint density at radius 2 is 1.97 bits per heavy atom. The van der Waals surface area contributed by atoms with E-state index >= 15 is 0 Å². The maximum absolute atomic E-state index is 13.5. The number of ether oxygens (including phenoxy) is 1. The Kier molecular flexibility index (Phi) is 6.71. The molecule has 30 heavy (non-hydrogen) atoms. The smallest absolute Gasteiger partial charge is 0.325 e. The van der Waals surface area contributed by atoms with Crippen molar-refractivity contribution in [3.63, 3.8) is 0 Å². The number of esters is 1. The van der Waals surface area contributed by atoms with Crippen LogP contribution in [0.2, 0.25) is 5.02 Å². The van der Waals surface area contributed by atoms with E-state index < -0.39 is 36.8 Å². The van der Waals surface area contributed by atoms with Gasteiger partial charge in [0.1, 0.15) is 25.0 Å². The zero-order valence-electron chi connectivity index (χ0n) is 15.3. The van der Waals surface area contributed by atoms with Crippen molar-refractivity contribution in [3.05, 3.63) is 71.5 Å². The van der Waals surface area contributed by atoms with Gasteiger partial charge in [-0.05, 0) is 30.3 Å². The van der Waals surface area contributed by atoms with Crippen LogP contribution >= 0.6 is 11.6 Å². The Morgan fingerprint density at radius 3 is 2.70 bits per heavy atom. The number of carbonyl (C=O) groups excluding carboxylic acids is 3. The van der Waals surface area contributed by atoms with Crippen LogP contribution in [-0.4, -0.2) is 45.7 Å². The third-order valence-corrected chi connectivity index (χ3v) is 4.01. The van der Waals surface area contributed by atoms with Gasteiger partial charge in [0.15, 0.2) is 6.61 Å². The number of anilines is 1. The lowest BCUT2D eigenvalue weighted by atomic mass is 10.2. The standard InChI is InChI=1S/C19H15ClFN5O4/c20-12-5-6-16(26-11-22-10-24-26)15(7-12)25-17(27)9-30-18(28)8-23-19(29)13-3-1-2-4-14(13)21/h1-7,10-11H,8-9H2,(H,23,29)(H,25,27). The lowest BCUT2D eigenvalue weighted by Gasteiger charge is -2.12. The topological polar surface area (TPSA) is 115 Å². The van der Waals surface area contributed by atoms with E-state index in [9.17, 15) is 18.8 Å². The summed E-state index contributed by atoms with van der Waals surface area (Å²) in [7, 11) is 0. The van der Waals surface area contributed by atoms with Gasteiger partial charge in [-0.2, -0.15) is 5.10 Å². The molecule has 154 valence electrons. The highest BCUT2D eigenvalue weighted by molar-refractivity contribution is 6.31. The minimum absolute atomic E-state index is 0.204. The summed E-state index contributed by atoms with van der Waals surface area (Å²) < 4.78 is 19.8. The summed E-state index contributed by atoms with van der Waals surface area (Å²) in [6, 6.07) is 10.1. The monoisotopic (exact) mass is 431 g/mol. The van der Waals surface area contributed by atoms with Gasteiger partial charge >= 0.3 is 5.97 Å². The number of rotatable bonds is 7. The third kappa shape index (κ3) is 5.39.